The molecule has 0 radical (unpaired) electrons. The van der Waals surface area contributed by atoms with Crippen LogP contribution in [0.2, 0.25) is 0 Å². The molecule has 0 aliphatic carbocycles. The molecular formula is C13H15N3OS. The maximum absolute atomic E-state index is 11.9. The molecule has 94 valence electrons. The summed E-state index contributed by atoms with van der Waals surface area (Å²) in [5, 5.41) is 8.64. The summed E-state index contributed by atoms with van der Waals surface area (Å²) in [6.45, 7) is 1.79. The third-order valence-electron chi connectivity index (χ3n) is 2.92. The number of nitrogens with zero attached hydrogens (tertiary/aromatic N) is 3. The predicted molar refractivity (Wildman–Crippen MR) is 70.1 cm³/mol. The van der Waals surface area contributed by atoms with Gasteiger partial charge in [0.1, 0.15) is 11.8 Å². The predicted octanol–water partition coefficient (Wildman–Crippen LogP) is 2.06. The number of carbonyl (C=O) groups excluding carboxylic acids is 1. The molecule has 1 aromatic heterocycles. The lowest BCUT2D eigenvalue weighted by atomic mass is 10.1. The van der Waals surface area contributed by atoms with E-state index in [0.717, 1.165) is 30.8 Å². The highest BCUT2D eigenvalue weighted by molar-refractivity contribution is 8.00. The quantitative estimate of drug-likeness (QED) is 0.781. The molecule has 18 heavy (non-hydrogen) atoms. The molecule has 0 aromatic carbocycles. The molecule has 0 atom stereocenters. The van der Waals surface area contributed by atoms with Crippen molar-refractivity contribution in [2.24, 2.45) is 0 Å². The summed E-state index contributed by atoms with van der Waals surface area (Å²) in [7, 11) is 0. The van der Waals surface area contributed by atoms with Gasteiger partial charge in [0.25, 0.3) is 0 Å². The Morgan fingerprint density at radius 3 is 2.78 bits per heavy atom. The van der Waals surface area contributed by atoms with E-state index >= 15 is 0 Å². The van der Waals surface area contributed by atoms with Gasteiger partial charge in [-0.3, -0.25) is 4.79 Å². The van der Waals surface area contributed by atoms with Crippen molar-refractivity contribution in [2.75, 3.05) is 18.8 Å². The number of nitriles is 1. The largest absolute Gasteiger partial charge is 0.342 e. The minimum Gasteiger partial charge on any atom is -0.342 e. The van der Waals surface area contributed by atoms with Gasteiger partial charge in [-0.25, -0.2) is 4.98 Å². The van der Waals surface area contributed by atoms with Crippen LogP contribution in [0.3, 0.4) is 0 Å². The number of hydrogen-bond acceptors (Lipinski definition) is 4. The molecule has 1 amide bonds. The Morgan fingerprint density at radius 1 is 1.39 bits per heavy atom. The van der Waals surface area contributed by atoms with Gasteiger partial charge < -0.3 is 4.90 Å². The maximum Gasteiger partial charge on any atom is 0.232 e. The minimum atomic E-state index is 0.198. The molecule has 1 aliphatic heterocycles. The van der Waals surface area contributed by atoms with Crippen LogP contribution in [0.5, 0.6) is 0 Å². The SMILES string of the molecule is N#Cc1ccc(SCC(=O)N2CCCCC2)cn1. The van der Waals surface area contributed by atoms with Crippen molar-refractivity contribution in [3.05, 3.63) is 24.0 Å². The summed E-state index contributed by atoms with van der Waals surface area (Å²) in [5.41, 5.74) is 0.404. The van der Waals surface area contributed by atoms with Crippen molar-refractivity contribution in [1.29, 1.82) is 5.26 Å². The first-order valence-corrected chi connectivity index (χ1v) is 7.05. The summed E-state index contributed by atoms with van der Waals surface area (Å²) >= 11 is 1.48. The van der Waals surface area contributed by atoms with Crippen molar-refractivity contribution in [2.45, 2.75) is 24.2 Å². The summed E-state index contributed by atoms with van der Waals surface area (Å²) < 4.78 is 0. The van der Waals surface area contributed by atoms with Crippen LogP contribution in [0.1, 0.15) is 25.0 Å². The van der Waals surface area contributed by atoms with E-state index in [0.29, 0.717) is 11.4 Å². The van der Waals surface area contributed by atoms with Crippen LogP contribution in [0, 0.1) is 11.3 Å². The molecule has 1 aliphatic rings. The van der Waals surface area contributed by atoms with Crippen molar-refractivity contribution >= 4 is 17.7 Å². The van der Waals surface area contributed by atoms with E-state index < -0.39 is 0 Å². The van der Waals surface area contributed by atoms with Crippen molar-refractivity contribution in [3.63, 3.8) is 0 Å². The first-order valence-electron chi connectivity index (χ1n) is 6.06. The van der Waals surface area contributed by atoms with Gasteiger partial charge in [0.2, 0.25) is 5.91 Å². The van der Waals surface area contributed by atoms with Gasteiger partial charge in [-0.2, -0.15) is 5.26 Å². The first-order chi connectivity index (χ1) is 8.79. The number of rotatable bonds is 3. The smallest absolute Gasteiger partial charge is 0.232 e. The van der Waals surface area contributed by atoms with Crippen LogP contribution in [0.15, 0.2) is 23.2 Å². The topological polar surface area (TPSA) is 57.0 Å². The number of aromatic nitrogens is 1. The van der Waals surface area contributed by atoms with Crippen LogP contribution in [-0.2, 0) is 4.79 Å². The average Bonchev–Trinajstić information content (AvgIpc) is 2.46. The maximum atomic E-state index is 11.9. The monoisotopic (exact) mass is 261 g/mol. The number of thioether (sulfide) groups is 1. The standard InChI is InChI=1S/C13H15N3OS/c14-8-11-4-5-12(9-15-11)18-10-13(17)16-6-2-1-3-7-16/h4-5,9H,1-3,6-7,10H2. The van der Waals surface area contributed by atoms with E-state index in [-0.39, 0.29) is 5.91 Å². The van der Waals surface area contributed by atoms with Gasteiger partial charge in [-0.1, -0.05) is 0 Å². The van der Waals surface area contributed by atoms with Crippen LogP contribution in [0.4, 0.5) is 0 Å². The van der Waals surface area contributed by atoms with Crippen LogP contribution < -0.4 is 0 Å². The molecule has 5 heteroatoms. The number of pyridine rings is 1. The molecule has 4 nitrogen and oxygen atoms in total. The zero-order valence-electron chi connectivity index (χ0n) is 10.1. The Bertz CT molecular complexity index is 446. The molecule has 2 rings (SSSR count). The van der Waals surface area contributed by atoms with Crippen LogP contribution in [0.25, 0.3) is 0 Å². The second-order valence-electron chi connectivity index (χ2n) is 4.22. The molecule has 0 saturated carbocycles. The highest BCUT2D eigenvalue weighted by Gasteiger charge is 2.16. The van der Waals surface area contributed by atoms with E-state index in [2.05, 4.69) is 4.98 Å². The Balaban J connectivity index is 1.83. The second-order valence-corrected chi connectivity index (χ2v) is 5.27. The van der Waals surface area contributed by atoms with E-state index in [1.165, 1.54) is 18.2 Å². The second kappa shape index (κ2) is 6.41. The number of carbonyl (C=O) groups is 1. The molecule has 0 N–H and O–H groups in total. The zero-order valence-corrected chi connectivity index (χ0v) is 10.9. The highest BCUT2D eigenvalue weighted by atomic mass is 32.2. The molecule has 1 aromatic rings. The van der Waals surface area contributed by atoms with Gasteiger partial charge in [0, 0.05) is 24.2 Å². The summed E-state index contributed by atoms with van der Waals surface area (Å²) in [5.74, 6) is 0.650. The van der Waals surface area contributed by atoms with Crippen molar-refractivity contribution in [1.82, 2.24) is 9.88 Å². The van der Waals surface area contributed by atoms with E-state index in [4.69, 9.17) is 5.26 Å². The molecule has 2 heterocycles. The Labute approximate surface area is 111 Å². The fourth-order valence-corrected chi connectivity index (χ4v) is 2.68. The Hall–Kier alpha value is -1.54. The highest BCUT2D eigenvalue weighted by Crippen LogP contribution is 2.18. The van der Waals surface area contributed by atoms with E-state index in [9.17, 15) is 4.79 Å². The molecule has 0 bridgehead atoms. The summed E-state index contributed by atoms with van der Waals surface area (Å²) in [6.07, 6.45) is 5.12. The number of amides is 1. The van der Waals surface area contributed by atoms with Gasteiger partial charge in [-0.05, 0) is 31.4 Å². The Kier molecular flexibility index (Phi) is 4.59. The van der Waals surface area contributed by atoms with Gasteiger partial charge >= 0.3 is 0 Å². The molecular weight excluding hydrogens is 246 g/mol. The van der Waals surface area contributed by atoms with Gasteiger partial charge in [0.15, 0.2) is 0 Å². The number of likely N-dealkylation sites (tertiary alicyclic amines) is 1. The van der Waals surface area contributed by atoms with Gasteiger partial charge in [0.05, 0.1) is 5.75 Å². The van der Waals surface area contributed by atoms with Crippen LogP contribution >= 0.6 is 11.8 Å². The molecule has 0 spiro atoms. The third kappa shape index (κ3) is 3.47. The van der Waals surface area contributed by atoms with E-state index in [1.54, 1.807) is 12.3 Å². The fourth-order valence-electron chi connectivity index (χ4n) is 1.91. The zero-order chi connectivity index (χ0) is 12.8. The Morgan fingerprint density at radius 2 is 2.17 bits per heavy atom. The van der Waals surface area contributed by atoms with E-state index in [1.807, 2.05) is 17.0 Å². The first kappa shape index (κ1) is 12.9. The van der Waals surface area contributed by atoms with Gasteiger partial charge in [-0.15, -0.1) is 11.8 Å². The summed E-state index contributed by atoms with van der Waals surface area (Å²) in [4.78, 5) is 18.8. The van der Waals surface area contributed by atoms with Crippen molar-refractivity contribution < 1.29 is 4.79 Å². The fraction of sp³-hybridized carbons (Fsp3) is 0.462. The van der Waals surface area contributed by atoms with Crippen LogP contribution in [-0.4, -0.2) is 34.6 Å². The molecule has 1 saturated heterocycles. The minimum absolute atomic E-state index is 0.198. The number of piperidine rings is 1. The normalized spacial score (nSPS) is 15.2. The average molecular weight is 261 g/mol. The lowest BCUT2D eigenvalue weighted by Gasteiger charge is -2.26. The summed E-state index contributed by atoms with van der Waals surface area (Å²) in [6, 6.07) is 5.48. The third-order valence-corrected chi connectivity index (χ3v) is 3.89. The number of hydrogen-bond donors (Lipinski definition) is 0. The molecule has 1 fully saturated rings. The van der Waals surface area contributed by atoms with Crippen molar-refractivity contribution in [3.8, 4) is 6.07 Å². The molecule has 0 unspecified atom stereocenters. The lowest BCUT2D eigenvalue weighted by Crippen LogP contribution is -2.36. The lowest BCUT2D eigenvalue weighted by molar-refractivity contribution is -0.129.